The van der Waals surface area contributed by atoms with Crippen LogP contribution in [0.3, 0.4) is 0 Å². The highest BCUT2D eigenvalue weighted by molar-refractivity contribution is 7.18. The van der Waals surface area contributed by atoms with Gasteiger partial charge in [0.05, 0.1) is 15.2 Å². The highest BCUT2D eigenvalue weighted by Crippen LogP contribution is 2.33. The van der Waals surface area contributed by atoms with E-state index in [2.05, 4.69) is 12.1 Å². The van der Waals surface area contributed by atoms with E-state index in [1.807, 2.05) is 41.3 Å². The highest BCUT2D eigenvalue weighted by Gasteiger charge is 2.26. The van der Waals surface area contributed by atoms with E-state index >= 15 is 0 Å². The zero-order valence-corrected chi connectivity index (χ0v) is 16.9. The van der Waals surface area contributed by atoms with Crippen LogP contribution >= 0.6 is 11.3 Å². The molecule has 1 atom stereocenters. The van der Waals surface area contributed by atoms with Crippen LogP contribution in [0.15, 0.2) is 48.5 Å². The summed E-state index contributed by atoms with van der Waals surface area (Å²) in [5.41, 5.74) is 1.98. The Morgan fingerprint density at radius 1 is 1.14 bits per heavy atom. The first kappa shape index (κ1) is 18.2. The van der Waals surface area contributed by atoms with Gasteiger partial charge in [-0.1, -0.05) is 18.2 Å². The van der Waals surface area contributed by atoms with Crippen LogP contribution in [0.2, 0.25) is 0 Å². The lowest BCUT2D eigenvalue weighted by Crippen LogP contribution is -2.38. The van der Waals surface area contributed by atoms with Gasteiger partial charge >= 0.3 is 0 Å². The van der Waals surface area contributed by atoms with Gasteiger partial charge in [0.1, 0.15) is 13.2 Å². The molecule has 29 heavy (non-hydrogen) atoms. The summed E-state index contributed by atoms with van der Waals surface area (Å²) in [6.45, 7) is 2.65. The third kappa shape index (κ3) is 3.85. The van der Waals surface area contributed by atoms with Crippen LogP contribution in [0.1, 0.15) is 29.3 Å². The fourth-order valence-electron chi connectivity index (χ4n) is 3.88. The van der Waals surface area contributed by atoms with E-state index in [9.17, 15) is 4.79 Å². The number of piperidine rings is 1. The van der Waals surface area contributed by atoms with Crippen LogP contribution in [0.4, 0.5) is 0 Å². The molecular formula is C23H22N2O3S. The largest absolute Gasteiger partial charge is 0.486 e. The van der Waals surface area contributed by atoms with Gasteiger partial charge in [0.2, 0.25) is 5.91 Å². The standard InChI is InChI=1S/C23H22N2O3S/c26-22(10-8-16-7-9-19-20(14-16)28-13-12-27-19)25-11-3-4-17(15-25)23-24-18-5-1-2-6-21(18)29-23/h1-2,5-10,14,17H,3-4,11-13,15H2/b10-8+/t17-/m0/s1. The van der Waals surface area contributed by atoms with Gasteiger partial charge in [0.15, 0.2) is 11.5 Å². The molecule has 0 radical (unpaired) electrons. The van der Waals surface area contributed by atoms with Crippen molar-refractivity contribution in [2.24, 2.45) is 0 Å². The van der Waals surface area contributed by atoms with Gasteiger partial charge in [0.25, 0.3) is 0 Å². The smallest absolute Gasteiger partial charge is 0.246 e. The normalized spacial score (nSPS) is 19.0. The van der Waals surface area contributed by atoms with Crippen molar-refractivity contribution in [2.45, 2.75) is 18.8 Å². The molecule has 148 valence electrons. The minimum atomic E-state index is 0.0469. The van der Waals surface area contributed by atoms with Crippen LogP contribution in [0.25, 0.3) is 16.3 Å². The average Bonchev–Trinajstić information content (AvgIpc) is 3.22. The van der Waals surface area contributed by atoms with E-state index in [-0.39, 0.29) is 5.91 Å². The molecule has 1 fully saturated rings. The Balaban J connectivity index is 1.27. The molecule has 2 aromatic carbocycles. The maximum atomic E-state index is 12.8. The number of carbonyl (C=O) groups is 1. The first-order valence-electron chi connectivity index (χ1n) is 9.98. The molecule has 0 spiro atoms. The van der Waals surface area contributed by atoms with Crippen molar-refractivity contribution in [3.8, 4) is 11.5 Å². The van der Waals surface area contributed by atoms with E-state index in [0.717, 1.165) is 53.5 Å². The van der Waals surface area contributed by atoms with Crippen molar-refractivity contribution < 1.29 is 14.3 Å². The summed E-state index contributed by atoms with van der Waals surface area (Å²) in [7, 11) is 0. The Morgan fingerprint density at radius 2 is 2.00 bits per heavy atom. The molecule has 1 saturated heterocycles. The summed E-state index contributed by atoms with van der Waals surface area (Å²) >= 11 is 1.75. The molecule has 3 heterocycles. The zero-order valence-electron chi connectivity index (χ0n) is 16.0. The molecule has 5 rings (SSSR count). The molecule has 1 amide bonds. The van der Waals surface area contributed by atoms with Crippen molar-refractivity contribution >= 4 is 33.5 Å². The number of fused-ring (bicyclic) bond motifs is 2. The number of rotatable bonds is 3. The molecule has 0 N–H and O–H groups in total. The maximum Gasteiger partial charge on any atom is 0.246 e. The van der Waals surface area contributed by atoms with Crippen molar-refractivity contribution in [3.63, 3.8) is 0 Å². The summed E-state index contributed by atoms with van der Waals surface area (Å²) in [5, 5.41) is 1.14. The minimum absolute atomic E-state index is 0.0469. The predicted molar refractivity (Wildman–Crippen MR) is 115 cm³/mol. The fraction of sp³-hybridized carbons (Fsp3) is 0.304. The minimum Gasteiger partial charge on any atom is -0.486 e. The Kier molecular flexibility index (Phi) is 4.94. The van der Waals surface area contributed by atoms with E-state index < -0.39 is 0 Å². The summed E-state index contributed by atoms with van der Waals surface area (Å²) in [6.07, 6.45) is 5.59. The molecule has 2 aliphatic rings. The predicted octanol–water partition coefficient (Wildman–Crippen LogP) is 4.49. The SMILES string of the molecule is O=C(/C=C/c1ccc2c(c1)OCCO2)N1CCC[C@H](c2nc3ccccc3s2)C1. The lowest BCUT2D eigenvalue weighted by molar-refractivity contribution is -0.127. The van der Waals surface area contributed by atoms with Gasteiger partial charge in [0, 0.05) is 25.1 Å². The number of aromatic nitrogens is 1. The topological polar surface area (TPSA) is 51.7 Å². The fourth-order valence-corrected chi connectivity index (χ4v) is 4.97. The molecule has 0 bridgehead atoms. The van der Waals surface area contributed by atoms with Crippen molar-refractivity contribution in [1.29, 1.82) is 0 Å². The van der Waals surface area contributed by atoms with Crippen molar-refractivity contribution in [1.82, 2.24) is 9.88 Å². The number of hydrogen-bond donors (Lipinski definition) is 0. The number of hydrogen-bond acceptors (Lipinski definition) is 5. The number of nitrogens with zero attached hydrogens (tertiary/aromatic N) is 2. The molecule has 3 aromatic rings. The Bertz CT molecular complexity index is 1040. The molecule has 0 unspecified atom stereocenters. The van der Waals surface area contributed by atoms with E-state index in [1.165, 1.54) is 4.70 Å². The number of thiazole rings is 1. The van der Waals surface area contributed by atoms with E-state index in [1.54, 1.807) is 17.4 Å². The Morgan fingerprint density at radius 3 is 2.90 bits per heavy atom. The second-order valence-electron chi connectivity index (χ2n) is 7.38. The van der Waals surface area contributed by atoms with E-state index in [4.69, 9.17) is 14.5 Å². The lowest BCUT2D eigenvalue weighted by Gasteiger charge is -2.31. The first-order valence-corrected chi connectivity index (χ1v) is 10.8. The van der Waals surface area contributed by atoms with E-state index in [0.29, 0.717) is 19.1 Å². The summed E-state index contributed by atoms with van der Waals surface area (Å²) in [5.74, 6) is 1.85. The molecule has 6 heteroatoms. The highest BCUT2D eigenvalue weighted by atomic mass is 32.1. The number of benzene rings is 2. The van der Waals surface area contributed by atoms with Crippen molar-refractivity contribution in [3.05, 3.63) is 59.1 Å². The van der Waals surface area contributed by atoms with Crippen LogP contribution in [-0.4, -0.2) is 42.1 Å². The van der Waals surface area contributed by atoms with Gasteiger partial charge in [-0.15, -0.1) is 11.3 Å². The molecule has 5 nitrogen and oxygen atoms in total. The monoisotopic (exact) mass is 406 g/mol. The average molecular weight is 407 g/mol. The Labute approximate surface area is 173 Å². The molecule has 1 aromatic heterocycles. The molecule has 0 saturated carbocycles. The number of likely N-dealkylation sites (tertiary alicyclic amines) is 1. The summed E-state index contributed by atoms with van der Waals surface area (Å²) in [6, 6.07) is 14.0. The van der Waals surface area contributed by atoms with Crippen LogP contribution in [0, 0.1) is 0 Å². The third-order valence-electron chi connectivity index (χ3n) is 5.38. The van der Waals surface area contributed by atoms with Crippen molar-refractivity contribution in [2.75, 3.05) is 26.3 Å². The van der Waals surface area contributed by atoms with Crippen LogP contribution in [0.5, 0.6) is 11.5 Å². The zero-order chi connectivity index (χ0) is 19.6. The molecule has 0 aliphatic carbocycles. The quantitative estimate of drug-likeness (QED) is 0.602. The molecular weight excluding hydrogens is 384 g/mol. The first-order chi connectivity index (χ1) is 14.3. The molecule has 2 aliphatic heterocycles. The lowest BCUT2D eigenvalue weighted by atomic mass is 9.98. The number of ether oxygens (including phenoxy) is 2. The van der Waals surface area contributed by atoms with Gasteiger partial charge in [-0.25, -0.2) is 4.98 Å². The van der Waals surface area contributed by atoms with Crippen LogP contribution in [-0.2, 0) is 4.79 Å². The van der Waals surface area contributed by atoms with Gasteiger partial charge < -0.3 is 14.4 Å². The maximum absolute atomic E-state index is 12.8. The van der Waals surface area contributed by atoms with Gasteiger partial charge in [-0.3, -0.25) is 4.79 Å². The number of amides is 1. The second kappa shape index (κ2) is 7.87. The van der Waals surface area contributed by atoms with Gasteiger partial charge in [-0.2, -0.15) is 0 Å². The summed E-state index contributed by atoms with van der Waals surface area (Å²) < 4.78 is 12.4. The third-order valence-corrected chi connectivity index (χ3v) is 6.58. The number of carbonyl (C=O) groups excluding carboxylic acids is 1. The second-order valence-corrected chi connectivity index (χ2v) is 8.44. The number of para-hydroxylation sites is 1. The van der Waals surface area contributed by atoms with Crippen LogP contribution < -0.4 is 9.47 Å². The van der Waals surface area contributed by atoms with Gasteiger partial charge in [-0.05, 0) is 48.7 Å². The Hall–Kier alpha value is -2.86. The summed E-state index contributed by atoms with van der Waals surface area (Å²) in [4.78, 5) is 19.5.